The Hall–Kier alpha value is -9.13. The minimum absolute atomic E-state index is 0. The molecule has 0 amide bonds. The summed E-state index contributed by atoms with van der Waals surface area (Å²) in [5.41, 5.74) is 18.7. The molecule has 7 heteroatoms. The third-order valence-corrected chi connectivity index (χ3v) is 13.3. The summed E-state index contributed by atoms with van der Waals surface area (Å²) in [6.45, 7) is 0. The minimum Gasteiger partial charge on any atom is -0.305 e. The van der Waals surface area contributed by atoms with Crippen LogP contribution in [0.5, 0.6) is 0 Å². The molecule has 0 N–H and O–H groups in total. The molecule has 0 atom stereocenters. The van der Waals surface area contributed by atoms with Crippen LogP contribution in [0.15, 0.2) is 255 Å². The summed E-state index contributed by atoms with van der Waals surface area (Å²) in [6, 6.07) is 81.4. The molecule has 0 spiro atoms. The van der Waals surface area contributed by atoms with Crippen molar-refractivity contribution in [2.45, 2.75) is 0 Å². The van der Waals surface area contributed by atoms with Gasteiger partial charge in [-0.2, -0.15) is 0 Å². The topological polar surface area (TPSA) is 51.6 Å². The smallest absolute Gasteiger partial charge is 0.123 e. The first-order chi connectivity index (χ1) is 36.5. The Morgan fingerprint density at radius 1 is 0.267 bits per heavy atom. The van der Waals surface area contributed by atoms with Gasteiger partial charge < -0.3 is 9.97 Å². The van der Waals surface area contributed by atoms with E-state index in [4.69, 9.17) is 4.98 Å². The van der Waals surface area contributed by atoms with Gasteiger partial charge in [0, 0.05) is 50.5 Å². The zero-order chi connectivity index (χ0) is 49.8. The number of nitrogens with zero attached hydrogens (tertiary/aromatic N) is 4. The minimum atomic E-state index is -0.387. The quantitative estimate of drug-likeness (QED) is 0.121. The summed E-state index contributed by atoms with van der Waals surface area (Å²) in [7, 11) is 0. The number of aromatic nitrogens is 4. The molecule has 0 saturated carbocycles. The normalized spacial score (nSPS) is 11.0. The maximum absolute atomic E-state index is 15.9. The number of hydrogen-bond donors (Lipinski definition) is 0. The predicted octanol–water partition coefficient (Wildman–Crippen LogP) is 17.5. The number of pyridine rings is 4. The van der Waals surface area contributed by atoms with Gasteiger partial charge in [0.05, 0.1) is 11.4 Å². The van der Waals surface area contributed by atoms with E-state index in [0.717, 1.165) is 112 Å². The van der Waals surface area contributed by atoms with E-state index in [1.165, 1.54) is 12.1 Å². The number of hydrogen-bond acceptors (Lipinski definition) is 4. The largest absolute Gasteiger partial charge is 0.305 e. The van der Waals surface area contributed by atoms with E-state index in [0.29, 0.717) is 11.1 Å². The fourth-order valence-corrected chi connectivity index (χ4v) is 9.66. The molecule has 12 aromatic rings. The van der Waals surface area contributed by atoms with E-state index in [9.17, 15) is 0 Å². The molecular formula is C68H42F2IrN4-2. The van der Waals surface area contributed by atoms with Crippen LogP contribution in [0.25, 0.3) is 123 Å². The molecule has 0 fully saturated rings. The average molecular weight is 1150 g/mol. The van der Waals surface area contributed by atoms with Crippen LogP contribution in [0.2, 0.25) is 0 Å². The zero-order valence-electron chi connectivity index (χ0n) is 40.1. The van der Waals surface area contributed by atoms with Crippen molar-refractivity contribution in [2.75, 3.05) is 0 Å². The van der Waals surface area contributed by atoms with Gasteiger partial charge in [-0.3, -0.25) is 9.97 Å². The van der Waals surface area contributed by atoms with E-state index in [-0.39, 0.29) is 31.7 Å². The van der Waals surface area contributed by atoms with Gasteiger partial charge in [-0.25, -0.2) is 8.78 Å². The van der Waals surface area contributed by atoms with Gasteiger partial charge >= 0.3 is 0 Å². The predicted molar refractivity (Wildman–Crippen MR) is 295 cm³/mol. The molecule has 12 rings (SSSR count). The van der Waals surface area contributed by atoms with Gasteiger partial charge in [-0.1, -0.05) is 144 Å². The van der Waals surface area contributed by atoms with Gasteiger partial charge in [0.2, 0.25) is 0 Å². The van der Waals surface area contributed by atoms with Gasteiger partial charge in [-0.05, 0) is 145 Å². The zero-order valence-corrected chi connectivity index (χ0v) is 42.5. The van der Waals surface area contributed by atoms with Gasteiger partial charge in [0.25, 0.3) is 0 Å². The second-order valence-electron chi connectivity index (χ2n) is 17.9. The number of halogens is 2. The van der Waals surface area contributed by atoms with Gasteiger partial charge in [0.1, 0.15) is 11.6 Å². The second-order valence-corrected chi connectivity index (χ2v) is 17.9. The van der Waals surface area contributed by atoms with Crippen molar-refractivity contribution in [3.05, 3.63) is 279 Å². The van der Waals surface area contributed by atoms with Crippen LogP contribution < -0.4 is 0 Å². The molecule has 4 heterocycles. The van der Waals surface area contributed by atoms with E-state index in [1.54, 1.807) is 30.7 Å². The summed E-state index contributed by atoms with van der Waals surface area (Å²) < 4.78 is 31.7. The van der Waals surface area contributed by atoms with Crippen molar-refractivity contribution < 1.29 is 28.9 Å². The Bertz CT molecular complexity index is 3780. The Labute approximate surface area is 448 Å². The Kier molecular flexibility index (Phi) is 13.8. The molecule has 1 radical (unpaired) electrons. The fraction of sp³-hybridized carbons (Fsp3) is 0. The summed E-state index contributed by atoms with van der Waals surface area (Å²) >= 11 is 0. The van der Waals surface area contributed by atoms with E-state index in [2.05, 4.69) is 93.8 Å². The van der Waals surface area contributed by atoms with Crippen molar-refractivity contribution in [1.82, 2.24) is 19.9 Å². The molecule has 0 aliphatic rings. The number of benzene rings is 8. The molecule has 4 nitrogen and oxygen atoms in total. The van der Waals surface area contributed by atoms with Crippen LogP contribution in [0.3, 0.4) is 0 Å². The summed E-state index contributed by atoms with van der Waals surface area (Å²) in [6.07, 6.45) is 7.22. The molecule has 0 unspecified atom stereocenters. The summed E-state index contributed by atoms with van der Waals surface area (Å²) in [5.74, 6) is -0.774. The van der Waals surface area contributed by atoms with Crippen molar-refractivity contribution in [3.8, 4) is 123 Å². The van der Waals surface area contributed by atoms with Crippen LogP contribution >= 0.6 is 0 Å². The molecule has 75 heavy (non-hydrogen) atoms. The Morgan fingerprint density at radius 2 is 0.693 bits per heavy atom. The molecule has 4 aromatic heterocycles. The van der Waals surface area contributed by atoms with Crippen LogP contribution in [-0.4, -0.2) is 19.9 Å². The first kappa shape index (κ1) is 48.2. The monoisotopic (exact) mass is 1150 g/mol. The Balaban J connectivity index is 0.00000602. The SMILES string of the molecule is Fc1ccc(-c2c[c-]c(-c3ccccn3)cc2)c(-c2cc(-c3cc(F)ccc3-c3c[c-]c(-c4ccccn4)cc3)cc(-c3ccccc3-c3cnc(-c4ccccn4)cc3-c3ccc(-c4ccccc4)cc3)c2)c1.[Ir]. The van der Waals surface area contributed by atoms with Crippen molar-refractivity contribution in [1.29, 1.82) is 0 Å². The molecule has 0 saturated heterocycles. The molecule has 0 bridgehead atoms. The van der Waals surface area contributed by atoms with Gasteiger partial charge in [-0.15, -0.1) is 59.7 Å². The molecule has 0 aliphatic carbocycles. The van der Waals surface area contributed by atoms with Crippen LogP contribution in [0.4, 0.5) is 8.78 Å². The molecule has 359 valence electrons. The summed E-state index contributed by atoms with van der Waals surface area (Å²) in [5, 5.41) is 0. The molecule has 8 aromatic carbocycles. The third-order valence-electron chi connectivity index (χ3n) is 13.3. The van der Waals surface area contributed by atoms with Crippen LogP contribution in [-0.2, 0) is 20.1 Å². The van der Waals surface area contributed by atoms with E-state index >= 15 is 8.78 Å². The molecular weight excluding hydrogens is 1100 g/mol. The second kappa shape index (κ2) is 21.5. The third kappa shape index (κ3) is 10.2. The van der Waals surface area contributed by atoms with Crippen molar-refractivity contribution in [2.24, 2.45) is 0 Å². The maximum atomic E-state index is 15.9. The summed E-state index contributed by atoms with van der Waals surface area (Å²) in [4.78, 5) is 18.8. The Morgan fingerprint density at radius 3 is 1.20 bits per heavy atom. The average Bonchev–Trinajstić information content (AvgIpc) is 3.48. The molecule has 0 aliphatic heterocycles. The fourth-order valence-electron chi connectivity index (χ4n) is 9.66. The van der Waals surface area contributed by atoms with Crippen molar-refractivity contribution in [3.63, 3.8) is 0 Å². The van der Waals surface area contributed by atoms with Crippen LogP contribution in [0.1, 0.15) is 0 Å². The number of rotatable bonds is 11. The van der Waals surface area contributed by atoms with Crippen LogP contribution in [0, 0.1) is 23.8 Å². The standard InChI is InChI=1S/C68H42F2N4.Ir/c69-55-31-33-58(47-23-27-50(28-24-47)65-16-6-9-35-71-65)61(41-55)53-38-52(39-54(40-53)62-42-56(70)32-34-59(62)48-25-29-51(30-26-48)66-17-7-10-36-72-66)57-14-4-5-15-60(57)64-44-74-68(67-18-8-11-37-73-67)43-63(64)49-21-19-46(20-22-49)45-12-2-1-3-13-45;/h1-27,29,31-44H;/q-2;. The van der Waals surface area contributed by atoms with E-state index < -0.39 is 0 Å². The maximum Gasteiger partial charge on any atom is 0.123 e. The first-order valence-corrected chi connectivity index (χ1v) is 24.3. The van der Waals surface area contributed by atoms with Crippen molar-refractivity contribution >= 4 is 0 Å². The first-order valence-electron chi connectivity index (χ1n) is 24.3. The van der Waals surface area contributed by atoms with E-state index in [1.807, 2.05) is 146 Å². The van der Waals surface area contributed by atoms with Gasteiger partial charge in [0.15, 0.2) is 0 Å².